The van der Waals surface area contributed by atoms with Gasteiger partial charge in [0, 0.05) is 31.9 Å². The van der Waals surface area contributed by atoms with Crippen LogP contribution >= 0.6 is 0 Å². The molecule has 3 heterocycles. The van der Waals surface area contributed by atoms with Crippen LogP contribution in [0.25, 0.3) is 11.0 Å². The van der Waals surface area contributed by atoms with Crippen molar-refractivity contribution >= 4 is 16.9 Å². The van der Waals surface area contributed by atoms with E-state index < -0.39 is 0 Å². The van der Waals surface area contributed by atoms with E-state index in [9.17, 15) is 4.79 Å². The first-order valence-electron chi connectivity index (χ1n) is 9.24. The zero-order valence-corrected chi connectivity index (χ0v) is 14.8. The maximum absolute atomic E-state index is 12.6. The number of benzene rings is 1. The Balaban J connectivity index is 1.27. The van der Waals surface area contributed by atoms with E-state index >= 15 is 0 Å². The number of hydrogen-bond acceptors (Lipinski definition) is 4. The number of para-hydroxylation sites is 1. The van der Waals surface area contributed by atoms with Crippen molar-refractivity contribution in [2.24, 2.45) is 5.92 Å². The fraction of sp³-hybridized carbons (Fsp3) is 0.400. The number of rotatable bonds is 5. The van der Waals surface area contributed by atoms with Gasteiger partial charge >= 0.3 is 0 Å². The summed E-state index contributed by atoms with van der Waals surface area (Å²) in [5.41, 5.74) is 3.19. The van der Waals surface area contributed by atoms with Crippen molar-refractivity contribution in [3.8, 4) is 0 Å². The summed E-state index contributed by atoms with van der Waals surface area (Å²) in [6.07, 6.45) is 7.39. The number of carbonyl (C=O) groups excluding carboxylic acids is 1. The second-order valence-corrected chi connectivity index (χ2v) is 6.94. The van der Waals surface area contributed by atoms with Crippen molar-refractivity contribution in [1.82, 2.24) is 24.9 Å². The molecule has 0 unspecified atom stereocenters. The fourth-order valence-electron chi connectivity index (χ4n) is 3.68. The molecule has 0 radical (unpaired) electrons. The number of amides is 1. The molecule has 1 aliphatic heterocycles. The molecule has 6 nitrogen and oxygen atoms in total. The lowest BCUT2D eigenvalue weighted by Crippen LogP contribution is -2.39. The molecule has 3 aromatic rings. The summed E-state index contributed by atoms with van der Waals surface area (Å²) >= 11 is 0. The smallest absolute Gasteiger partial charge is 0.224 e. The van der Waals surface area contributed by atoms with Gasteiger partial charge in [-0.25, -0.2) is 4.68 Å². The van der Waals surface area contributed by atoms with Crippen molar-refractivity contribution in [3.05, 3.63) is 54.4 Å². The van der Waals surface area contributed by atoms with Crippen LogP contribution in [0.5, 0.6) is 0 Å². The summed E-state index contributed by atoms with van der Waals surface area (Å²) in [7, 11) is 0. The van der Waals surface area contributed by atoms with Crippen molar-refractivity contribution < 1.29 is 4.79 Å². The van der Waals surface area contributed by atoms with Crippen LogP contribution in [0.15, 0.2) is 48.8 Å². The molecule has 0 atom stereocenters. The first-order valence-corrected chi connectivity index (χ1v) is 9.24. The highest BCUT2D eigenvalue weighted by molar-refractivity contribution is 5.77. The van der Waals surface area contributed by atoms with Gasteiger partial charge < -0.3 is 4.90 Å². The lowest BCUT2D eigenvalue weighted by atomic mass is 9.90. The number of likely N-dealkylation sites (tertiary alicyclic amines) is 1. The van der Waals surface area contributed by atoms with Gasteiger partial charge in [-0.05, 0) is 55.0 Å². The minimum Gasteiger partial charge on any atom is -0.343 e. The van der Waals surface area contributed by atoms with Crippen LogP contribution in [0, 0.1) is 5.92 Å². The lowest BCUT2D eigenvalue weighted by Gasteiger charge is -2.32. The zero-order valence-electron chi connectivity index (χ0n) is 14.8. The molecular weight excluding hydrogens is 326 g/mol. The molecule has 0 aliphatic carbocycles. The van der Waals surface area contributed by atoms with Crippen LogP contribution in [0.1, 0.15) is 24.8 Å². The second kappa shape index (κ2) is 7.64. The third-order valence-electron chi connectivity index (χ3n) is 5.20. The Morgan fingerprint density at radius 3 is 2.65 bits per heavy atom. The van der Waals surface area contributed by atoms with Gasteiger partial charge in [0.05, 0.1) is 12.1 Å². The number of hydrogen-bond donors (Lipinski definition) is 0. The van der Waals surface area contributed by atoms with E-state index in [1.807, 2.05) is 46.2 Å². The van der Waals surface area contributed by atoms with E-state index in [-0.39, 0.29) is 5.91 Å². The third kappa shape index (κ3) is 3.74. The van der Waals surface area contributed by atoms with Crippen molar-refractivity contribution in [2.75, 3.05) is 13.1 Å². The second-order valence-electron chi connectivity index (χ2n) is 6.94. The largest absolute Gasteiger partial charge is 0.343 e. The summed E-state index contributed by atoms with van der Waals surface area (Å²) < 4.78 is 1.82. The minimum absolute atomic E-state index is 0.215. The van der Waals surface area contributed by atoms with Crippen molar-refractivity contribution in [3.63, 3.8) is 0 Å². The maximum Gasteiger partial charge on any atom is 0.224 e. The number of aryl methyl sites for hydroxylation is 1. The van der Waals surface area contributed by atoms with Crippen LogP contribution < -0.4 is 0 Å². The standard InChI is InChI=1S/C20H23N5O/c26-20(9-14-25-19-4-2-1-3-18(19)22-23-25)24-12-7-17(8-13-24)15-16-5-10-21-11-6-16/h1-6,10-11,17H,7-9,12-15H2. The maximum atomic E-state index is 12.6. The Bertz CT molecular complexity index is 868. The van der Waals surface area contributed by atoms with Gasteiger partial charge in [0.15, 0.2) is 0 Å². The third-order valence-corrected chi connectivity index (χ3v) is 5.20. The van der Waals surface area contributed by atoms with E-state index in [1.165, 1.54) is 5.56 Å². The summed E-state index contributed by atoms with van der Waals surface area (Å²) in [6, 6.07) is 12.0. The Kier molecular flexibility index (Phi) is 4.91. The normalized spacial score (nSPS) is 15.5. The molecule has 0 N–H and O–H groups in total. The molecule has 1 amide bonds. The van der Waals surface area contributed by atoms with Gasteiger partial charge in [-0.1, -0.05) is 17.3 Å². The van der Waals surface area contributed by atoms with E-state index in [1.54, 1.807) is 0 Å². The van der Waals surface area contributed by atoms with Crippen LogP contribution in [0.4, 0.5) is 0 Å². The molecule has 134 valence electrons. The molecule has 1 aromatic carbocycles. The van der Waals surface area contributed by atoms with E-state index in [0.717, 1.165) is 43.4 Å². The topological polar surface area (TPSA) is 63.9 Å². The van der Waals surface area contributed by atoms with Gasteiger partial charge in [0.1, 0.15) is 5.52 Å². The Morgan fingerprint density at radius 2 is 1.85 bits per heavy atom. The van der Waals surface area contributed by atoms with Crippen LogP contribution in [-0.4, -0.2) is 43.9 Å². The first kappa shape index (κ1) is 16.7. The lowest BCUT2D eigenvalue weighted by molar-refractivity contribution is -0.132. The quantitative estimate of drug-likeness (QED) is 0.710. The van der Waals surface area contributed by atoms with Crippen LogP contribution in [0.3, 0.4) is 0 Å². The number of carbonyl (C=O) groups is 1. The Morgan fingerprint density at radius 1 is 1.08 bits per heavy atom. The van der Waals surface area contributed by atoms with Gasteiger partial charge in [-0.3, -0.25) is 9.78 Å². The molecule has 0 bridgehead atoms. The Hall–Kier alpha value is -2.76. The summed E-state index contributed by atoms with van der Waals surface area (Å²) in [6.45, 7) is 2.29. The molecule has 0 spiro atoms. The number of fused-ring (bicyclic) bond motifs is 1. The van der Waals surface area contributed by atoms with Gasteiger partial charge in [0.2, 0.25) is 5.91 Å². The highest BCUT2D eigenvalue weighted by Gasteiger charge is 2.23. The number of pyridine rings is 1. The number of piperidine rings is 1. The Labute approximate surface area is 152 Å². The van der Waals surface area contributed by atoms with E-state index in [2.05, 4.69) is 27.4 Å². The fourth-order valence-corrected chi connectivity index (χ4v) is 3.68. The average molecular weight is 349 g/mol. The molecular formula is C20H23N5O. The van der Waals surface area contributed by atoms with Crippen molar-refractivity contribution in [1.29, 1.82) is 0 Å². The van der Waals surface area contributed by atoms with Crippen molar-refractivity contribution in [2.45, 2.75) is 32.2 Å². The molecule has 26 heavy (non-hydrogen) atoms. The highest BCUT2D eigenvalue weighted by atomic mass is 16.2. The summed E-state index contributed by atoms with van der Waals surface area (Å²) in [5.74, 6) is 0.868. The number of nitrogens with zero attached hydrogens (tertiary/aromatic N) is 5. The predicted molar refractivity (Wildman–Crippen MR) is 99.4 cm³/mol. The minimum atomic E-state index is 0.215. The summed E-state index contributed by atoms with van der Waals surface area (Å²) in [4.78, 5) is 18.6. The molecule has 0 saturated carbocycles. The van der Waals surface area contributed by atoms with Gasteiger partial charge in [0.25, 0.3) is 0 Å². The highest BCUT2D eigenvalue weighted by Crippen LogP contribution is 2.22. The average Bonchev–Trinajstić information content (AvgIpc) is 3.11. The van der Waals surface area contributed by atoms with E-state index in [4.69, 9.17) is 0 Å². The monoisotopic (exact) mass is 349 g/mol. The predicted octanol–water partition coefficient (Wildman–Crippen LogP) is 2.70. The molecule has 1 fully saturated rings. The molecule has 1 aliphatic rings. The zero-order chi connectivity index (χ0) is 17.8. The molecule has 4 rings (SSSR count). The van der Waals surface area contributed by atoms with Gasteiger partial charge in [-0.15, -0.1) is 5.10 Å². The molecule has 6 heteroatoms. The van der Waals surface area contributed by atoms with Crippen LogP contribution in [0.2, 0.25) is 0 Å². The summed E-state index contributed by atoms with van der Waals surface area (Å²) in [5, 5.41) is 8.30. The first-order chi connectivity index (χ1) is 12.8. The molecule has 1 saturated heterocycles. The molecule has 2 aromatic heterocycles. The van der Waals surface area contributed by atoms with E-state index in [0.29, 0.717) is 18.9 Å². The SMILES string of the molecule is O=C(CCn1nnc2ccccc21)N1CCC(Cc2ccncc2)CC1. The number of aromatic nitrogens is 4. The van der Waals surface area contributed by atoms with Crippen LogP contribution in [-0.2, 0) is 17.8 Å². The van der Waals surface area contributed by atoms with Gasteiger partial charge in [-0.2, -0.15) is 0 Å².